The number of carbonyl (C=O) groups is 11. The summed E-state index contributed by atoms with van der Waals surface area (Å²) in [7, 11) is 0. The largest absolute Gasteiger partial charge is 0.508 e. The van der Waals surface area contributed by atoms with Crippen molar-refractivity contribution < 1.29 is 57.8 Å². The van der Waals surface area contributed by atoms with Crippen LogP contribution in [-0.4, -0.2) is 142 Å². The minimum Gasteiger partial charge on any atom is -0.508 e. The fraction of sp³-hybridized carbons (Fsp3) is 0.614. The van der Waals surface area contributed by atoms with Crippen molar-refractivity contribution in [1.29, 1.82) is 0 Å². The molecule has 23 nitrogen and oxygen atoms in total. The van der Waals surface area contributed by atoms with Gasteiger partial charge in [-0.15, -0.1) is 0 Å². The molecule has 0 aromatic heterocycles. The Hall–Kier alpha value is -6.46. The summed E-state index contributed by atoms with van der Waals surface area (Å²) in [4.78, 5) is 148. The van der Waals surface area contributed by atoms with E-state index < -0.39 is 133 Å². The number of nitrogens with one attached hydrogen (secondary N) is 7. The predicted octanol–water partition coefficient (Wildman–Crippen LogP) is -2.80. The summed E-state index contributed by atoms with van der Waals surface area (Å²) in [5, 5.41) is 27.9. The van der Waals surface area contributed by atoms with Crippen molar-refractivity contribution in [3.63, 3.8) is 0 Å². The predicted molar refractivity (Wildman–Crippen MR) is 248 cm³/mol. The molecule has 0 radical (unpaired) electrons. The highest BCUT2D eigenvalue weighted by molar-refractivity contribution is 7.99. The zero-order valence-electron chi connectivity index (χ0n) is 38.9. The van der Waals surface area contributed by atoms with Crippen LogP contribution in [0.3, 0.4) is 0 Å². The number of phenols is 1. The van der Waals surface area contributed by atoms with Gasteiger partial charge < -0.3 is 64.4 Å². The lowest BCUT2D eigenvalue weighted by molar-refractivity contribution is -0.142. The minimum absolute atomic E-state index is 0.0232. The molecule has 1 aromatic rings. The van der Waals surface area contributed by atoms with E-state index >= 15 is 0 Å². The van der Waals surface area contributed by atoms with Crippen molar-refractivity contribution in [3.05, 3.63) is 29.8 Å². The maximum absolute atomic E-state index is 14.5. The summed E-state index contributed by atoms with van der Waals surface area (Å²) in [5.41, 5.74) is 16.7. The second-order valence-corrected chi connectivity index (χ2v) is 18.7. The van der Waals surface area contributed by atoms with Gasteiger partial charge in [-0.05, 0) is 67.4 Å². The fourth-order valence-corrected chi connectivity index (χ4v) is 8.50. The summed E-state index contributed by atoms with van der Waals surface area (Å²) in [5.74, 6) is -9.14. The van der Waals surface area contributed by atoms with Crippen molar-refractivity contribution in [2.45, 2.75) is 134 Å². The molecule has 2 aliphatic rings. The van der Waals surface area contributed by atoms with Crippen molar-refractivity contribution in [1.82, 2.24) is 42.1 Å². The third-order valence-electron chi connectivity index (χ3n) is 11.4. The summed E-state index contributed by atoms with van der Waals surface area (Å²) in [6, 6.07) is -3.35. The Balaban J connectivity index is 2.02. The van der Waals surface area contributed by atoms with Gasteiger partial charge in [-0.1, -0.05) is 46.2 Å². The number of rotatable bonds is 17. The Kier molecular flexibility index (Phi) is 22.5. The van der Waals surface area contributed by atoms with Gasteiger partial charge in [0.1, 0.15) is 48.0 Å². The van der Waals surface area contributed by atoms with Gasteiger partial charge in [-0.2, -0.15) is 11.8 Å². The number of primary amides is 3. The number of hydrogen-bond acceptors (Lipinski definition) is 13. The monoisotopic (exact) mass is 973 g/mol. The smallest absolute Gasteiger partial charge is 0.245 e. The molecule has 8 atom stereocenters. The molecule has 0 aliphatic carbocycles. The lowest BCUT2D eigenvalue weighted by Gasteiger charge is -2.31. The van der Waals surface area contributed by atoms with Crippen molar-refractivity contribution in [2.24, 2.45) is 29.0 Å². The van der Waals surface area contributed by atoms with E-state index in [1.165, 1.54) is 28.8 Å². The quantitative estimate of drug-likeness (QED) is 0.0753. The third-order valence-corrected chi connectivity index (χ3v) is 12.4. The summed E-state index contributed by atoms with van der Waals surface area (Å²) in [6.45, 7) is 6.70. The number of benzene rings is 1. The van der Waals surface area contributed by atoms with E-state index in [-0.39, 0.29) is 68.2 Å². The maximum atomic E-state index is 14.5. The molecule has 376 valence electrons. The zero-order valence-corrected chi connectivity index (χ0v) is 39.7. The van der Waals surface area contributed by atoms with Gasteiger partial charge in [0.25, 0.3) is 0 Å². The van der Waals surface area contributed by atoms with Gasteiger partial charge in [0.15, 0.2) is 0 Å². The molecule has 2 heterocycles. The maximum Gasteiger partial charge on any atom is 0.245 e. The Morgan fingerprint density at radius 1 is 0.794 bits per heavy atom. The number of aromatic hydroxyl groups is 1. The van der Waals surface area contributed by atoms with Gasteiger partial charge in [0, 0.05) is 31.6 Å². The molecule has 1 aromatic carbocycles. The van der Waals surface area contributed by atoms with E-state index in [0.29, 0.717) is 18.4 Å². The second kappa shape index (κ2) is 27.4. The topological polar surface area (TPSA) is 374 Å². The van der Waals surface area contributed by atoms with E-state index in [1.54, 1.807) is 26.0 Å². The highest BCUT2D eigenvalue weighted by Gasteiger charge is 2.40. The molecule has 0 spiro atoms. The average Bonchev–Trinajstić information content (AvgIpc) is 3.77. The van der Waals surface area contributed by atoms with Crippen LogP contribution in [0.25, 0.3) is 0 Å². The van der Waals surface area contributed by atoms with Crippen molar-refractivity contribution in [2.75, 3.05) is 24.6 Å². The molecular weight excluding hydrogens is 907 g/mol. The fourth-order valence-electron chi connectivity index (χ4n) is 7.57. The van der Waals surface area contributed by atoms with Crippen LogP contribution in [0, 0.1) is 11.8 Å². The summed E-state index contributed by atoms with van der Waals surface area (Å²) in [6.07, 6.45) is -0.651. The van der Waals surface area contributed by atoms with E-state index in [9.17, 15) is 57.8 Å². The van der Waals surface area contributed by atoms with Crippen LogP contribution >= 0.6 is 11.8 Å². The Labute approximate surface area is 399 Å². The molecule has 14 N–H and O–H groups in total. The average molecular weight is 974 g/mol. The summed E-state index contributed by atoms with van der Waals surface area (Å²) >= 11 is 1.23. The van der Waals surface area contributed by atoms with Gasteiger partial charge in [-0.25, -0.2) is 0 Å². The molecule has 11 amide bonds. The minimum atomic E-state index is -1.72. The van der Waals surface area contributed by atoms with E-state index in [0.717, 1.165) is 0 Å². The molecule has 2 fully saturated rings. The standard InChI is InChI=1S/C44H67N11O12S/c1-5-24(4)37-43(66)50-27(12-13-33(45)57)39(62)52-31(21-34(46)58)40(63)51-28(14-17-68-18-15-36(60)49-30(41(64)54-37)20-25-8-10-26(56)11-9-25)44(67)55-16-6-7-32(55)42(65)53-29(19-23(2)3)38(61)48-22-35(47)59/h8-11,23-24,27-32,37,56H,5-7,12-22H2,1-4H3,(H2,45,57)(H2,46,58)(H2,47,59)(H,48,61)(H,49,60)(H,50,66)(H,51,63)(H,52,62)(H,53,65)(H,54,64)/t24-,27?,28-,29-,30-,31-,32-,37?/m0/s1. The molecule has 0 saturated carbocycles. The van der Waals surface area contributed by atoms with Gasteiger partial charge in [0.05, 0.1) is 13.0 Å². The number of phenolic OH excluding ortho intramolecular Hbond substituents is 1. The Bertz CT molecular complexity index is 2010. The van der Waals surface area contributed by atoms with Crippen LogP contribution in [0.1, 0.15) is 91.0 Å². The molecule has 3 rings (SSSR count). The number of nitrogens with two attached hydrogens (primary N) is 3. The number of nitrogens with zero attached hydrogens (tertiary/aromatic N) is 1. The highest BCUT2D eigenvalue weighted by Crippen LogP contribution is 2.22. The first kappa shape index (κ1) is 55.9. The van der Waals surface area contributed by atoms with Crippen LogP contribution < -0.4 is 54.4 Å². The van der Waals surface area contributed by atoms with Crippen LogP contribution in [0.5, 0.6) is 5.75 Å². The van der Waals surface area contributed by atoms with Crippen LogP contribution in [0.2, 0.25) is 0 Å². The highest BCUT2D eigenvalue weighted by atomic mass is 32.2. The van der Waals surface area contributed by atoms with E-state index in [4.69, 9.17) is 17.2 Å². The van der Waals surface area contributed by atoms with Gasteiger partial charge >= 0.3 is 0 Å². The normalized spacial score (nSPS) is 23.4. The SMILES string of the molecule is CC[C@H](C)C1NC(=O)[C@H](Cc2ccc(O)cc2)NC(=O)CCSCC[C@@H](C(=O)N2CCC[C@H]2C(=O)N[C@@H](CC(C)C)C(=O)NCC(N)=O)NC(=O)[C@H](CC(N)=O)NC(=O)C(CCC(N)=O)NC1=O. The lowest BCUT2D eigenvalue weighted by Crippen LogP contribution is -2.61. The molecule has 2 aliphatic heterocycles. The number of amides is 11. The Morgan fingerprint density at radius 3 is 2.06 bits per heavy atom. The number of thioether (sulfide) groups is 1. The number of carbonyl (C=O) groups excluding carboxylic acids is 11. The molecule has 68 heavy (non-hydrogen) atoms. The van der Waals surface area contributed by atoms with Crippen molar-refractivity contribution in [3.8, 4) is 5.75 Å². The van der Waals surface area contributed by atoms with Gasteiger partial charge in [0.2, 0.25) is 65.0 Å². The third kappa shape index (κ3) is 18.3. The zero-order chi connectivity index (χ0) is 50.7. The summed E-state index contributed by atoms with van der Waals surface area (Å²) < 4.78 is 0. The molecule has 0 bridgehead atoms. The van der Waals surface area contributed by atoms with Crippen LogP contribution in [0.4, 0.5) is 0 Å². The van der Waals surface area contributed by atoms with Crippen LogP contribution in [0.15, 0.2) is 24.3 Å². The first-order valence-electron chi connectivity index (χ1n) is 22.7. The lowest BCUT2D eigenvalue weighted by atomic mass is 9.96. The molecule has 2 unspecified atom stereocenters. The number of likely N-dealkylation sites (tertiary alicyclic amines) is 1. The van der Waals surface area contributed by atoms with Gasteiger partial charge in [-0.3, -0.25) is 52.7 Å². The van der Waals surface area contributed by atoms with E-state index in [1.807, 2.05) is 13.8 Å². The molecular formula is C44H67N11O12S. The van der Waals surface area contributed by atoms with Crippen molar-refractivity contribution >= 4 is 76.7 Å². The first-order chi connectivity index (χ1) is 32.1. The molecule has 2 saturated heterocycles. The second-order valence-electron chi connectivity index (χ2n) is 17.4. The first-order valence-corrected chi connectivity index (χ1v) is 23.8. The van der Waals surface area contributed by atoms with E-state index in [2.05, 4.69) is 37.2 Å². The number of hydrogen-bond donors (Lipinski definition) is 11. The Morgan fingerprint density at radius 2 is 1.44 bits per heavy atom. The van der Waals surface area contributed by atoms with Crippen LogP contribution in [-0.2, 0) is 59.2 Å². The molecule has 24 heteroatoms.